The van der Waals surface area contributed by atoms with Crippen LogP contribution in [0.5, 0.6) is 0 Å². The second-order valence-electron chi connectivity index (χ2n) is 3.53. The van der Waals surface area contributed by atoms with Crippen LogP contribution in [0.15, 0.2) is 37.0 Å². The fraction of sp³-hybridized carbons (Fsp3) is 0.538. The van der Waals surface area contributed by atoms with Crippen molar-refractivity contribution in [2.24, 2.45) is 11.8 Å². The van der Waals surface area contributed by atoms with Crippen LogP contribution in [0.1, 0.15) is 33.6 Å². The van der Waals surface area contributed by atoms with Gasteiger partial charge in [-0.2, -0.15) is 0 Å². The fourth-order valence-electron chi connectivity index (χ4n) is 1.31. The molecule has 0 aliphatic heterocycles. The molecular weight excluding hydrogens is 156 g/mol. The van der Waals surface area contributed by atoms with Crippen molar-refractivity contribution in [2.45, 2.75) is 33.6 Å². The van der Waals surface area contributed by atoms with Gasteiger partial charge in [-0.25, -0.2) is 0 Å². The third-order valence-corrected chi connectivity index (χ3v) is 2.63. The average molecular weight is 178 g/mol. The van der Waals surface area contributed by atoms with Gasteiger partial charge in [0.25, 0.3) is 0 Å². The largest absolute Gasteiger partial charge is 0.102 e. The number of rotatable bonds is 6. The third kappa shape index (κ3) is 4.12. The van der Waals surface area contributed by atoms with E-state index in [0.717, 1.165) is 6.42 Å². The lowest BCUT2D eigenvalue weighted by Gasteiger charge is -2.19. The van der Waals surface area contributed by atoms with E-state index in [1.807, 2.05) is 13.0 Å². The first-order valence-corrected chi connectivity index (χ1v) is 5.09. The number of hydrogen-bond acceptors (Lipinski definition) is 0. The van der Waals surface area contributed by atoms with E-state index in [2.05, 4.69) is 39.2 Å². The molecule has 0 bridgehead atoms. The minimum atomic E-state index is 0.450. The van der Waals surface area contributed by atoms with E-state index in [9.17, 15) is 0 Å². The molecule has 0 nitrogen and oxygen atoms in total. The predicted octanol–water partition coefficient (Wildman–Crippen LogP) is 4.36. The first-order valence-electron chi connectivity index (χ1n) is 5.09. The Kier molecular flexibility index (Phi) is 6.30. The summed E-state index contributed by atoms with van der Waals surface area (Å²) in [4.78, 5) is 0. The molecule has 0 aromatic rings. The van der Waals surface area contributed by atoms with Gasteiger partial charge in [0.05, 0.1) is 0 Å². The van der Waals surface area contributed by atoms with Crippen LogP contribution in [0.25, 0.3) is 0 Å². The van der Waals surface area contributed by atoms with Crippen molar-refractivity contribution in [3.05, 3.63) is 37.0 Å². The van der Waals surface area contributed by atoms with E-state index in [-0.39, 0.29) is 0 Å². The van der Waals surface area contributed by atoms with Crippen molar-refractivity contribution in [3.63, 3.8) is 0 Å². The summed E-state index contributed by atoms with van der Waals surface area (Å²) in [6.45, 7) is 14.5. The molecule has 0 radical (unpaired) electrons. The van der Waals surface area contributed by atoms with Crippen LogP contribution in [0.4, 0.5) is 0 Å². The highest BCUT2D eigenvalue weighted by Crippen LogP contribution is 2.24. The highest BCUT2D eigenvalue weighted by molar-refractivity contribution is 5.12. The molecule has 0 heterocycles. The zero-order chi connectivity index (χ0) is 10.3. The quantitative estimate of drug-likeness (QED) is 0.530. The van der Waals surface area contributed by atoms with E-state index in [1.54, 1.807) is 0 Å². The molecule has 2 atom stereocenters. The molecule has 0 aromatic heterocycles. The van der Waals surface area contributed by atoms with Gasteiger partial charge in [0.15, 0.2) is 0 Å². The zero-order valence-corrected chi connectivity index (χ0v) is 9.22. The summed E-state index contributed by atoms with van der Waals surface area (Å²) in [5.74, 6) is 1.06. The van der Waals surface area contributed by atoms with Crippen molar-refractivity contribution in [3.8, 4) is 0 Å². The van der Waals surface area contributed by atoms with E-state index in [4.69, 9.17) is 0 Å². The molecular formula is C13H22. The van der Waals surface area contributed by atoms with Crippen molar-refractivity contribution in [1.82, 2.24) is 0 Å². The smallest absolute Gasteiger partial charge is 0.000853 e. The molecule has 13 heavy (non-hydrogen) atoms. The first-order chi connectivity index (χ1) is 6.17. The van der Waals surface area contributed by atoms with Gasteiger partial charge >= 0.3 is 0 Å². The lowest BCUT2D eigenvalue weighted by molar-refractivity contribution is 0.578. The van der Waals surface area contributed by atoms with Crippen molar-refractivity contribution >= 4 is 0 Å². The van der Waals surface area contributed by atoms with E-state index in [0.29, 0.717) is 11.8 Å². The standard InChI is InChI=1S/C13H22/c1-6-9-10-13(8-3)12(5)11(4)7-2/h6,8-9,11,13H,3,5,7,10H2,1-2,4H3. The Labute approximate surface area is 83.0 Å². The first kappa shape index (κ1) is 12.2. The van der Waals surface area contributed by atoms with Gasteiger partial charge in [-0.1, -0.05) is 44.2 Å². The lowest BCUT2D eigenvalue weighted by atomic mass is 9.86. The third-order valence-electron chi connectivity index (χ3n) is 2.63. The molecule has 0 aliphatic rings. The summed E-state index contributed by atoms with van der Waals surface area (Å²) in [7, 11) is 0. The van der Waals surface area contributed by atoms with E-state index >= 15 is 0 Å². The lowest BCUT2D eigenvalue weighted by Crippen LogP contribution is -2.06. The Balaban J connectivity index is 4.22. The normalized spacial score (nSPS) is 15.6. The summed E-state index contributed by atoms with van der Waals surface area (Å²) in [6.07, 6.45) is 8.48. The Morgan fingerprint density at radius 1 is 1.46 bits per heavy atom. The molecule has 0 rings (SSSR count). The highest BCUT2D eigenvalue weighted by Gasteiger charge is 2.11. The Hall–Kier alpha value is -0.780. The van der Waals surface area contributed by atoms with Gasteiger partial charge < -0.3 is 0 Å². The van der Waals surface area contributed by atoms with Crippen LogP contribution in [0, 0.1) is 11.8 Å². The van der Waals surface area contributed by atoms with Gasteiger partial charge in [0.1, 0.15) is 0 Å². The molecule has 0 spiro atoms. The minimum absolute atomic E-state index is 0.450. The fourth-order valence-corrected chi connectivity index (χ4v) is 1.31. The van der Waals surface area contributed by atoms with Gasteiger partial charge in [-0.3, -0.25) is 0 Å². The molecule has 0 aromatic carbocycles. The SMILES string of the molecule is C=CC(CC=CC)C(=C)C(C)CC. The molecule has 0 heteroatoms. The monoisotopic (exact) mass is 178 g/mol. The van der Waals surface area contributed by atoms with E-state index < -0.39 is 0 Å². The zero-order valence-electron chi connectivity index (χ0n) is 9.22. The van der Waals surface area contributed by atoms with Crippen LogP contribution in [0.3, 0.4) is 0 Å². The number of allylic oxidation sites excluding steroid dienone is 4. The summed E-state index contributed by atoms with van der Waals surface area (Å²) in [6, 6.07) is 0. The van der Waals surface area contributed by atoms with Gasteiger partial charge in [0, 0.05) is 5.92 Å². The maximum atomic E-state index is 4.14. The molecule has 0 fully saturated rings. The Bertz CT molecular complexity index is 186. The molecule has 0 aliphatic carbocycles. The summed E-state index contributed by atoms with van der Waals surface area (Å²) < 4.78 is 0. The second kappa shape index (κ2) is 6.71. The summed E-state index contributed by atoms with van der Waals surface area (Å²) in [5, 5.41) is 0. The second-order valence-corrected chi connectivity index (χ2v) is 3.53. The maximum absolute atomic E-state index is 4.14. The van der Waals surface area contributed by atoms with Crippen LogP contribution < -0.4 is 0 Å². The van der Waals surface area contributed by atoms with Crippen LogP contribution in [-0.2, 0) is 0 Å². The minimum Gasteiger partial charge on any atom is -0.102 e. The topological polar surface area (TPSA) is 0 Å². The molecule has 0 saturated heterocycles. The predicted molar refractivity (Wildman–Crippen MR) is 61.7 cm³/mol. The maximum Gasteiger partial charge on any atom is 0.000853 e. The molecule has 74 valence electrons. The van der Waals surface area contributed by atoms with Crippen LogP contribution >= 0.6 is 0 Å². The van der Waals surface area contributed by atoms with Gasteiger partial charge in [-0.05, 0) is 25.7 Å². The average Bonchev–Trinajstić information content (AvgIpc) is 2.17. The summed E-state index contributed by atoms with van der Waals surface area (Å²) in [5.41, 5.74) is 1.32. The van der Waals surface area contributed by atoms with Crippen molar-refractivity contribution < 1.29 is 0 Å². The Morgan fingerprint density at radius 2 is 2.08 bits per heavy atom. The summed E-state index contributed by atoms with van der Waals surface area (Å²) >= 11 is 0. The Morgan fingerprint density at radius 3 is 2.46 bits per heavy atom. The highest BCUT2D eigenvalue weighted by atomic mass is 14.2. The molecule has 0 saturated carbocycles. The molecule has 0 amide bonds. The van der Waals surface area contributed by atoms with Gasteiger partial charge in [0.2, 0.25) is 0 Å². The molecule has 2 unspecified atom stereocenters. The van der Waals surface area contributed by atoms with Crippen LogP contribution in [0.2, 0.25) is 0 Å². The van der Waals surface area contributed by atoms with E-state index in [1.165, 1.54) is 12.0 Å². The van der Waals surface area contributed by atoms with Crippen LogP contribution in [-0.4, -0.2) is 0 Å². The molecule has 0 N–H and O–H groups in total. The van der Waals surface area contributed by atoms with Crippen molar-refractivity contribution in [2.75, 3.05) is 0 Å². The number of hydrogen-bond donors (Lipinski definition) is 0. The van der Waals surface area contributed by atoms with Gasteiger partial charge in [-0.15, -0.1) is 6.58 Å². The van der Waals surface area contributed by atoms with Crippen molar-refractivity contribution in [1.29, 1.82) is 0 Å².